The van der Waals surface area contributed by atoms with Crippen LogP contribution in [0.1, 0.15) is 32.1 Å². The highest BCUT2D eigenvalue weighted by atomic mass is 35.5. The number of rotatable bonds is 6. The summed E-state index contributed by atoms with van der Waals surface area (Å²) in [6, 6.07) is -1.62. The molecule has 2 heterocycles. The fraction of sp³-hybridized carbons (Fsp3) is 0.944. The van der Waals surface area contributed by atoms with E-state index in [9.17, 15) is 18.0 Å². The van der Waals surface area contributed by atoms with E-state index < -0.39 is 12.2 Å². The molecule has 6 nitrogen and oxygen atoms in total. The molecule has 3 fully saturated rings. The van der Waals surface area contributed by atoms with Crippen molar-refractivity contribution in [1.82, 2.24) is 20.4 Å². The van der Waals surface area contributed by atoms with Crippen LogP contribution in [0.4, 0.5) is 13.2 Å². The summed E-state index contributed by atoms with van der Waals surface area (Å²) >= 11 is 0. The fourth-order valence-corrected chi connectivity index (χ4v) is 4.69. The smallest absolute Gasteiger partial charge is 0.379 e. The molecule has 0 aromatic carbocycles. The molecule has 0 bridgehead atoms. The van der Waals surface area contributed by atoms with Gasteiger partial charge < -0.3 is 15.4 Å². The molecule has 2 aliphatic heterocycles. The van der Waals surface area contributed by atoms with Gasteiger partial charge in [0.25, 0.3) is 0 Å². The van der Waals surface area contributed by atoms with Gasteiger partial charge in [-0.1, -0.05) is 12.8 Å². The number of hydrogen-bond acceptors (Lipinski definition) is 5. The number of amides is 1. The molecule has 1 saturated carbocycles. The molecule has 1 aliphatic carbocycles. The summed E-state index contributed by atoms with van der Waals surface area (Å²) in [5.74, 6) is -0.271. The van der Waals surface area contributed by atoms with Crippen LogP contribution in [0.5, 0.6) is 0 Å². The first-order valence-electron chi connectivity index (χ1n) is 10.0. The molecule has 11 heteroatoms. The molecule has 1 atom stereocenters. The van der Waals surface area contributed by atoms with E-state index in [1.165, 1.54) is 4.90 Å². The number of ether oxygens (including phenoxy) is 1. The van der Waals surface area contributed by atoms with Gasteiger partial charge in [-0.15, -0.1) is 24.8 Å². The van der Waals surface area contributed by atoms with Gasteiger partial charge in [0.2, 0.25) is 5.91 Å². The zero-order valence-electron chi connectivity index (χ0n) is 16.6. The zero-order valence-corrected chi connectivity index (χ0v) is 18.3. The van der Waals surface area contributed by atoms with Gasteiger partial charge in [0.1, 0.15) is 6.04 Å². The maximum atomic E-state index is 13.5. The third-order valence-corrected chi connectivity index (χ3v) is 6.17. The van der Waals surface area contributed by atoms with Crippen molar-refractivity contribution in [2.45, 2.75) is 49.9 Å². The molecule has 3 rings (SSSR count). The Morgan fingerprint density at radius 3 is 2.21 bits per heavy atom. The van der Waals surface area contributed by atoms with E-state index in [1.807, 2.05) is 0 Å². The predicted molar refractivity (Wildman–Crippen MR) is 110 cm³/mol. The van der Waals surface area contributed by atoms with Crippen LogP contribution in [0, 0.1) is 0 Å². The SMILES string of the molecule is Cl.Cl.O=C(CC1(N2CCOCC2)CCCC1)NCC(N1CCNCC1)C(F)(F)F. The van der Waals surface area contributed by atoms with Gasteiger partial charge in [-0.2, -0.15) is 13.2 Å². The van der Waals surface area contributed by atoms with Gasteiger partial charge in [0.05, 0.1) is 13.2 Å². The summed E-state index contributed by atoms with van der Waals surface area (Å²) in [5, 5.41) is 5.66. The Balaban J connectivity index is 0.00000210. The van der Waals surface area contributed by atoms with Crippen molar-refractivity contribution >= 4 is 30.7 Å². The van der Waals surface area contributed by atoms with Gasteiger partial charge in [-0.3, -0.25) is 14.6 Å². The van der Waals surface area contributed by atoms with Crippen molar-refractivity contribution < 1.29 is 22.7 Å². The summed E-state index contributed by atoms with van der Waals surface area (Å²) in [5.41, 5.74) is -0.212. The molecule has 0 spiro atoms. The maximum absolute atomic E-state index is 13.5. The molecule has 172 valence electrons. The monoisotopic (exact) mass is 464 g/mol. The van der Waals surface area contributed by atoms with Crippen LogP contribution in [-0.2, 0) is 9.53 Å². The highest BCUT2D eigenvalue weighted by Crippen LogP contribution is 2.38. The molecule has 1 amide bonds. The van der Waals surface area contributed by atoms with Crippen LogP contribution in [0.3, 0.4) is 0 Å². The van der Waals surface area contributed by atoms with E-state index >= 15 is 0 Å². The Labute approximate surface area is 183 Å². The molecular weight excluding hydrogens is 432 g/mol. The lowest BCUT2D eigenvalue weighted by Crippen LogP contribution is -2.58. The van der Waals surface area contributed by atoms with Gasteiger partial charge in [-0.05, 0) is 12.8 Å². The summed E-state index contributed by atoms with van der Waals surface area (Å²) < 4.78 is 45.9. The lowest BCUT2D eigenvalue weighted by Gasteiger charge is -2.43. The van der Waals surface area contributed by atoms with Crippen molar-refractivity contribution in [1.29, 1.82) is 0 Å². The van der Waals surface area contributed by atoms with E-state index in [0.717, 1.165) is 38.8 Å². The number of alkyl halides is 3. The lowest BCUT2D eigenvalue weighted by molar-refractivity contribution is -0.184. The van der Waals surface area contributed by atoms with Crippen molar-refractivity contribution in [2.75, 3.05) is 59.0 Å². The Morgan fingerprint density at radius 2 is 1.66 bits per heavy atom. The Morgan fingerprint density at radius 1 is 1.07 bits per heavy atom. The first-order chi connectivity index (χ1) is 12.9. The van der Waals surface area contributed by atoms with E-state index in [1.54, 1.807) is 0 Å². The van der Waals surface area contributed by atoms with Crippen LogP contribution >= 0.6 is 24.8 Å². The van der Waals surface area contributed by atoms with Crippen LogP contribution < -0.4 is 10.6 Å². The number of morpholine rings is 1. The minimum atomic E-state index is -4.35. The number of carbonyl (C=O) groups excluding carboxylic acids is 1. The van der Waals surface area contributed by atoms with Crippen LogP contribution in [0.15, 0.2) is 0 Å². The Bertz CT molecular complexity index is 496. The highest BCUT2D eigenvalue weighted by Gasteiger charge is 2.45. The molecule has 0 radical (unpaired) electrons. The van der Waals surface area contributed by atoms with E-state index in [4.69, 9.17) is 4.74 Å². The summed E-state index contributed by atoms with van der Waals surface area (Å²) in [4.78, 5) is 16.3. The zero-order chi connectivity index (χ0) is 19.3. The average molecular weight is 465 g/mol. The molecule has 2 N–H and O–H groups in total. The maximum Gasteiger partial charge on any atom is 0.405 e. The molecule has 0 aromatic heterocycles. The van der Waals surface area contributed by atoms with Crippen molar-refractivity contribution in [3.05, 3.63) is 0 Å². The minimum Gasteiger partial charge on any atom is -0.379 e. The first kappa shape index (κ1) is 26.7. The second kappa shape index (κ2) is 11.9. The van der Waals surface area contributed by atoms with Crippen LogP contribution in [0.25, 0.3) is 0 Å². The van der Waals surface area contributed by atoms with E-state index in [-0.39, 0.29) is 49.2 Å². The number of nitrogens with one attached hydrogen (secondary N) is 2. The topological polar surface area (TPSA) is 56.8 Å². The quantitative estimate of drug-likeness (QED) is 0.627. The van der Waals surface area contributed by atoms with Crippen LogP contribution in [0.2, 0.25) is 0 Å². The predicted octanol–water partition coefficient (Wildman–Crippen LogP) is 1.82. The number of piperazine rings is 1. The third kappa shape index (κ3) is 7.11. The minimum absolute atomic E-state index is 0. The number of carbonyl (C=O) groups is 1. The lowest BCUT2D eigenvalue weighted by atomic mass is 9.90. The van der Waals surface area contributed by atoms with Crippen molar-refractivity contribution in [3.8, 4) is 0 Å². The normalized spacial score (nSPS) is 24.2. The fourth-order valence-electron chi connectivity index (χ4n) is 4.69. The van der Waals surface area contributed by atoms with Gasteiger partial charge in [0.15, 0.2) is 0 Å². The molecule has 0 aromatic rings. The second-order valence-electron chi connectivity index (χ2n) is 7.86. The van der Waals surface area contributed by atoms with Gasteiger partial charge in [-0.25, -0.2) is 0 Å². The molecule has 3 aliphatic rings. The largest absolute Gasteiger partial charge is 0.405 e. The van der Waals surface area contributed by atoms with Gasteiger partial charge >= 0.3 is 6.18 Å². The van der Waals surface area contributed by atoms with E-state index in [0.29, 0.717) is 39.4 Å². The summed E-state index contributed by atoms with van der Waals surface area (Å²) in [7, 11) is 0. The first-order valence-corrected chi connectivity index (χ1v) is 10.0. The van der Waals surface area contributed by atoms with Crippen molar-refractivity contribution in [3.63, 3.8) is 0 Å². The van der Waals surface area contributed by atoms with E-state index in [2.05, 4.69) is 15.5 Å². The third-order valence-electron chi connectivity index (χ3n) is 6.17. The molecular formula is C18H33Cl2F3N4O2. The standard InChI is InChI=1S/C18H31F3N4O2.2ClH/c19-18(20,21)15(24-7-5-22-6-8-24)14-23-16(26)13-17(3-1-2-4-17)25-9-11-27-12-10-25;;/h15,22H,1-14H2,(H,23,26);2*1H. The van der Waals surface area contributed by atoms with Gasteiger partial charge in [0, 0.05) is 57.8 Å². The summed E-state index contributed by atoms with van der Waals surface area (Å²) in [6.07, 6.45) is -0.0754. The Hall–Kier alpha value is -0.320. The second-order valence-corrected chi connectivity index (χ2v) is 7.86. The molecule has 2 saturated heterocycles. The Kier molecular flexibility index (Phi) is 11.0. The van der Waals surface area contributed by atoms with Crippen LogP contribution in [-0.4, -0.2) is 92.5 Å². The molecule has 1 unspecified atom stereocenters. The summed E-state index contributed by atoms with van der Waals surface area (Å²) in [6.45, 7) is 4.29. The number of hydrogen-bond donors (Lipinski definition) is 2. The number of halogens is 5. The molecule has 29 heavy (non-hydrogen) atoms. The average Bonchev–Trinajstić information content (AvgIpc) is 3.12. The van der Waals surface area contributed by atoms with Crippen molar-refractivity contribution in [2.24, 2.45) is 0 Å². The number of nitrogens with zero attached hydrogens (tertiary/aromatic N) is 2. The highest BCUT2D eigenvalue weighted by molar-refractivity contribution is 5.85.